The van der Waals surface area contributed by atoms with Crippen LogP contribution in [0.4, 0.5) is 0 Å². The minimum absolute atomic E-state index is 0.425. The number of ether oxygens (including phenoxy) is 1. The van der Waals surface area contributed by atoms with Crippen molar-refractivity contribution < 1.29 is 4.74 Å². The van der Waals surface area contributed by atoms with Gasteiger partial charge in [0, 0.05) is 6.54 Å². The molecular weight excluding hydrogens is 344 g/mol. The van der Waals surface area contributed by atoms with E-state index in [0.29, 0.717) is 6.61 Å². The molecular formula is C25H24N2O. The predicted molar refractivity (Wildman–Crippen MR) is 115 cm³/mol. The molecule has 0 unspecified atom stereocenters. The molecule has 140 valence electrons. The number of allylic oxidation sites excluding steroid dienone is 1. The lowest BCUT2D eigenvalue weighted by atomic mass is 10.1. The molecule has 4 rings (SSSR count). The molecule has 1 aromatic heterocycles. The Hall–Kier alpha value is -3.33. The summed E-state index contributed by atoms with van der Waals surface area (Å²) in [7, 11) is 0. The highest BCUT2D eigenvalue weighted by Gasteiger charge is 2.12. The Balaban J connectivity index is 1.66. The molecule has 4 aromatic rings. The van der Waals surface area contributed by atoms with Crippen LogP contribution in [0.1, 0.15) is 22.5 Å². The molecule has 0 aliphatic rings. The zero-order chi connectivity index (χ0) is 19.3. The molecule has 0 bridgehead atoms. The zero-order valence-corrected chi connectivity index (χ0v) is 16.1. The molecule has 0 aliphatic carbocycles. The number of fused-ring (bicyclic) bond motifs is 1. The van der Waals surface area contributed by atoms with Crippen molar-refractivity contribution in [3.63, 3.8) is 0 Å². The summed E-state index contributed by atoms with van der Waals surface area (Å²) in [5.74, 6) is 1.81. The van der Waals surface area contributed by atoms with Gasteiger partial charge in [0.25, 0.3) is 0 Å². The van der Waals surface area contributed by atoms with Crippen molar-refractivity contribution in [3.05, 3.63) is 108 Å². The highest BCUT2D eigenvalue weighted by atomic mass is 16.5. The SMILES string of the molecule is C=CCc1ccccc1OCc1nc2ccccc2n1Cc1cccc(C)c1. The summed E-state index contributed by atoms with van der Waals surface area (Å²) in [4.78, 5) is 4.84. The van der Waals surface area contributed by atoms with Gasteiger partial charge in [-0.15, -0.1) is 6.58 Å². The molecule has 3 heteroatoms. The topological polar surface area (TPSA) is 27.1 Å². The number of aryl methyl sites for hydroxylation is 1. The van der Waals surface area contributed by atoms with Gasteiger partial charge >= 0.3 is 0 Å². The van der Waals surface area contributed by atoms with Crippen LogP contribution in [0.3, 0.4) is 0 Å². The summed E-state index contributed by atoms with van der Waals surface area (Å²) in [5.41, 5.74) is 5.78. The molecule has 0 atom stereocenters. The first-order valence-corrected chi connectivity index (χ1v) is 9.56. The maximum absolute atomic E-state index is 6.18. The maximum atomic E-state index is 6.18. The first kappa shape index (κ1) is 18.1. The van der Waals surface area contributed by atoms with Crippen LogP contribution in [0, 0.1) is 6.92 Å². The molecule has 0 radical (unpaired) electrons. The van der Waals surface area contributed by atoms with Gasteiger partial charge < -0.3 is 9.30 Å². The van der Waals surface area contributed by atoms with Gasteiger partial charge in [0.2, 0.25) is 0 Å². The van der Waals surface area contributed by atoms with E-state index >= 15 is 0 Å². The first-order valence-electron chi connectivity index (χ1n) is 9.56. The molecule has 3 aromatic carbocycles. The number of benzene rings is 3. The zero-order valence-electron chi connectivity index (χ0n) is 16.1. The van der Waals surface area contributed by atoms with Crippen molar-refractivity contribution in [1.82, 2.24) is 9.55 Å². The van der Waals surface area contributed by atoms with Gasteiger partial charge in [0.15, 0.2) is 0 Å². The molecule has 1 heterocycles. The number of nitrogens with zero attached hydrogens (tertiary/aromatic N) is 2. The Morgan fingerprint density at radius 1 is 1.00 bits per heavy atom. The van der Waals surface area contributed by atoms with Crippen LogP contribution in [-0.4, -0.2) is 9.55 Å². The van der Waals surface area contributed by atoms with Crippen LogP contribution < -0.4 is 4.74 Å². The third-order valence-electron chi connectivity index (χ3n) is 4.85. The molecule has 0 amide bonds. The molecule has 0 spiro atoms. The van der Waals surface area contributed by atoms with E-state index in [1.54, 1.807) is 0 Å². The van der Waals surface area contributed by atoms with Gasteiger partial charge in [-0.25, -0.2) is 4.98 Å². The fourth-order valence-electron chi connectivity index (χ4n) is 3.52. The van der Waals surface area contributed by atoms with Gasteiger partial charge in [-0.2, -0.15) is 0 Å². The van der Waals surface area contributed by atoms with Gasteiger partial charge in [-0.3, -0.25) is 0 Å². The van der Waals surface area contributed by atoms with E-state index in [2.05, 4.69) is 66.6 Å². The highest BCUT2D eigenvalue weighted by molar-refractivity contribution is 5.76. The van der Waals surface area contributed by atoms with Crippen LogP contribution in [0.15, 0.2) is 85.5 Å². The number of para-hydroxylation sites is 3. The first-order chi connectivity index (χ1) is 13.7. The maximum Gasteiger partial charge on any atom is 0.148 e. The summed E-state index contributed by atoms with van der Waals surface area (Å²) in [6.07, 6.45) is 2.69. The summed E-state index contributed by atoms with van der Waals surface area (Å²) >= 11 is 0. The minimum atomic E-state index is 0.425. The van der Waals surface area contributed by atoms with E-state index in [0.717, 1.165) is 41.1 Å². The van der Waals surface area contributed by atoms with Crippen molar-refractivity contribution >= 4 is 11.0 Å². The smallest absolute Gasteiger partial charge is 0.148 e. The lowest BCUT2D eigenvalue weighted by molar-refractivity contribution is 0.289. The number of rotatable bonds is 7. The monoisotopic (exact) mass is 368 g/mol. The van der Waals surface area contributed by atoms with E-state index in [1.165, 1.54) is 11.1 Å². The average Bonchev–Trinajstić information content (AvgIpc) is 3.05. The van der Waals surface area contributed by atoms with Gasteiger partial charge in [0.05, 0.1) is 11.0 Å². The normalized spacial score (nSPS) is 10.9. The van der Waals surface area contributed by atoms with Gasteiger partial charge in [-0.1, -0.05) is 66.2 Å². The Bertz CT molecular complexity index is 1110. The second kappa shape index (κ2) is 8.13. The van der Waals surface area contributed by atoms with Crippen LogP contribution in [-0.2, 0) is 19.6 Å². The quantitative estimate of drug-likeness (QED) is 0.391. The Morgan fingerprint density at radius 3 is 2.68 bits per heavy atom. The Kier molecular flexibility index (Phi) is 5.24. The summed E-state index contributed by atoms with van der Waals surface area (Å²) in [6.45, 7) is 7.16. The lowest BCUT2D eigenvalue weighted by Crippen LogP contribution is -2.09. The molecule has 0 N–H and O–H groups in total. The number of aromatic nitrogens is 2. The molecule has 0 fully saturated rings. The minimum Gasteiger partial charge on any atom is -0.485 e. The van der Waals surface area contributed by atoms with Crippen molar-refractivity contribution in [2.75, 3.05) is 0 Å². The third kappa shape index (κ3) is 3.84. The highest BCUT2D eigenvalue weighted by Crippen LogP contribution is 2.23. The molecule has 0 aliphatic heterocycles. The number of hydrogen-bond donors (Lipinski definition) is 0. The number of hydrogen-bond acceptors (Lipinski definition) is 2. The standard InChI is InChI=1S/C25H24N2O/c1-3-9-21-12-4-7-15-24(21)28-18-25-26-22-13-5-6-14-23(22)27(25)17-20-11-8-10-19(2)16-20/h3-8,10-16H,1,9,17-18H2,2H3. The number of imidazole rings is 1. The second-order valence-electron chi connectivity index (χ2n) is 6.98. The van der Waals surface area contributed by atoms with Crippen LogP contribution in [0.5, 0.6) is 5.75 Å². The third-order valence-corrected chi connectivity index (χ3v) is 4.85. The van der Waals surface area contributed by atoms with Gasteiger partial charge in [-0.05, 0) is 42.7 Å². The predicted octanol–water partition coefficient (Wildman–Crippen LogP) is 5.70. The van der Waals surface area contributed by atoms with E-state index in [9.17, 15) is 0 Å². The fourth-order valence-corrected chi connectivity index (χ4v) is 3.52. The Labute approximate surface area is 165 Å². The van der Waals surface area contributed by atoms with E-state index in [-0.39, 0.29) is 0 Å². The largest absolute Gasteiger partial charge is 0.485 e. The average molecular weight is 368 g/mol. The van der Waals surface area contributed by atoms with Crippen LogP contribution >= 0.6 is 0 Å². The van der Waals surface area contributed by atoms with Crippen LogP contribution in [0.2, 0.25) is 0 Å². The summed E-state index contributed by atoms with van der Waals surface area (Å²) in [5, 5.41) is 0. The van der Waals surface area contributed by atoms with Crippen molar-refractivity contribution in [2.45, 2.75) is 26.5 Å². The van der Waals surface area contributed by atoms with Crippen molar-refractivity contribution in [2.24, 2.45) is 0 Å². The molecule has 0 saturated heterocycles. The fraction of sp³-hybridized carbons (Fsp3) is 0.160. The van der Waals surface area contributed by atoms with Crippen molar-refractivity contribution in [3.8, 4) is 5.75 Å². The van der Waals surface area contributed by atoms with E-state index in [4.69, 9.17) is 9.72 Å². The Morgan fingerprint density at radius 2 is 1.82 bits per heavy atom. The van der Waals surface area contributed by atoms with Crippen LogP contribution in [0.25, 0.3) is 11.0 Å². The van der Waals surface area contributed by atoms with E-state index in [1.807, 2.05) is 30.3 Å². The lowest BCUT2D eigenvalue weighted by Gasteiger charge is -2.13. The van der Waals surface area contributed by atoms with E-state index < -0.39 is 0 Å². The van der Waals surface area contributed by atoms with Gasteiger partial charge in [0.1, 0.15) is 18.2 Å². The summed E-state index contributed by atoms with van der Waals surface area (Å²) < 4.78 is 8.43. The molecule has 28 heavy (non-hydrogen) atoms. The second-order valence-corrected chi connectivity index (χ2v) is 6.98. The summed E-state index contributed by atoms with van der Waals surface area (Å²) in [6, 6.07) is 25.0. The molecule has 3 nitrogen and oxygen atoms in total. The van der Waals surface area contributed by atoms with Crippen molar-refractivity contribution in [1.29, 1.82) is 0 Å². The molecule has 0 saturated carbocycles.